The number of anilines is 2. The molecule has 6 heteroatoms. The minimum absolute atomic E-state index is 0.395. The van der Waals surface area contributed by atoms with E-state index in [1.165, 1.54) is 12.8 Å². The van der Waals surface area contributed by atoms with Gasteiger partial charge in [-0.05, 0) is 41.5 Å². The monoisotopic (exact) mass is 244 g/mol. The van der Waals surface area contributed by atoms with Gasteiger partial charge in [0.1, 0.15) is 0 Å². The zero-order chi connectivity index (χ0) is 12.5. The lowest BCUT2D eigenvalue weighted by atomic mass is 10.1. The Hall–Kier alpha value is -2.11. The summed E-state index contributed by atoms with van der Waals surface area (Å²) in [5, 5.41) is 12.0. The Kier molecular flexibility index (Phi) is 2.62. The van der Waals surface area contributed by atoms with E-state index in [-0.39, 0.29) is 0 Å². The van der Waals surface area contributed by atoms with Crippen LogP contribution < -0.4 is 11.5 Å². The fourth-order valence-corrected chi connectivity index (χ4v) is 2.55. The van der Waals surface area contributed by atoms with Crippen molar-refractivity contribution in [2.75, 3.05) is 11.5 Å². The molecule has 1 heterocycles. The molecule has 6 nitrogen and oxygen atoms in total. The summed E-state index contributed by atoms with van der Waals surface area (Å²) in [7, 11) is 0. The summed E-state index contributed by atoms with van der Waals surface area (Å²) in [6, 6.07) is 5.83. The number of hydrogen-bond donors (Lipinski definition) is 2. The molecule has 2 aromatic rings. The van der Waals surface area contributed by atoms with E-state index in [0.717, 1.165) is 24.2 Å². The average molecular weight is 244 g/mol. The normalized spacial score (nSPS) is 16.2. The Balaban J connectivity index is 2.03. The quantitative estimate of drug-likeness (QED) is 0.782. The fraction of sp³-hybridized carbons (Fsp3) is 0.417. The molecule has 1 aliphatic rings. The van der Waals surface area contributed by atoms with Crippen LogP contribution in [0.3, 0.4) is 0 Å². The average Bonchev–Trinajstić information content (AvgIpc) is 2.98. The lowest BCUT2D eigenvalue weighted by Gasteiger charge is -2.12. The fourth-order valence-electron chi connectivity index (χ4n) is 2.55. The first-order chi connectivity index (χ1) is 8.75. The molecule has 94 valence electrons. The largest absolute Gasteiger partial charge is 0.399 e. The molecule has 1 fully saturated rings. The maximum absolute atomic E-state index is 5.99. The molecule has 0 aliphatic heterocycles. The van der Waals surface area contributed by atoms with Gasteiger partial charge in [-0.2, -0.15) is 0 Å². The topological polar surface area (TPSA) is 95.6 Å². The predicted molar refractivity (Wildman–Crippen MR) is 69.6 cm³/mol. The molecular formula is C12H16N6. The van der Waals surface area contributed by atoms with Gasteiger partial charge in [0.15, 0.2) is 5.82 Å². The lowest BCUT2D eigenvalue weighted by Crippen LogP contribution is -2.09. The SMILES string of the molecule is Nc1ccc(-c2nnnn2C2CCCC2)c(N)c1. The third-order valence-electron chi connectivity index (χ3n) is 3.48. The summed E-state index contributed by atoms with van der Waals surface area (Å²) in [6.45, 7) is 0. The molecule has 0 atom stereocenters. The molecule has 0 unspecified atom stereocenters. The molecule has 4 N–H and O–H groups in total. The van der Waals surface area contributed by atoms with Gasteiger partial charge >= 0.3 is 0 Å². The number of nitrogen functional groups attached to an aromatic ring is 2. The van der Waals surface area contributed by atoms with Crippen LogP contribution in [-0.4, -0.2) is 20.2 Å². The first kappa shape index (κ1) is 11.0. The molecule has 0 bridgehead atoms. The molecular weight excluding hydrogens is 228 g/mol. The lowest BCUT2D eigenvalue weighted by molar-refractivity contribution is 0.458. The second kappa shape index (κ2) is 4.29. The summed E-state index contributed by atoms with van der Waals surface area (Å²) < 4.78 is 1.90. The number of nitrogens with two attached hydrogens (primary N) is 2. The van der Waals surface area contributed by atoms with Gasteiger partial charge in [0.25, 0.3) is 0 Å². The van der Waals surface area contributed by atoms with Crippen LogP contribution in [0.1, 0.15) is 31.7 Å². The van der Waals surface area contributed by atoms with Crippen LogP contribution >= 0.6 is 0 Å². The second-order valence-electron chi connectivity index (χ2n) is 4.73. The van der Waals surface area contributed by atoms with E-state index in [9.17, 15) is 0 Å². The maximum Gasteiger partial charge on any atom is 0.184 e. The summed E-state index contributed by atoms with van der Waals surface area (Å²) in [5.74, 6) is 0.736. The number of rotatable bonds is 2. The van der Waals surface area contributed by atoms with Crippen molar-refractivity contribution in [2.24, 2.45) is 0 Å². The Morgan fingerprint density at radius 1 is 1.17 bits per heavy atom. The molecule has 1 saturated carbocycles. The second-order valence-corrected chi connectivity index (χ2v) is 4.73. The van der Waals surface area contributed by atoms with E-state index in [2.05, 4.69) is 15.5 Å². The smallest absolute Gasteiger partial charge is 0.184 e. The van der Waals surface area contributed by atoms with Crippen LogP contribution in [0.2, 0.25) is 0 Å². The maximum atomic E-state index is 5.99. The van der Waals surface area contributed by atoms with Crippen molar-refractivity contribution >= 4 is 11.4 Å². The highest BCUT2D eigenvalue weighted by atomic mass is 15.5. The molecule has 0 amide bonds. The summed E-state index contributed by atoms with van der Waals surface area (Å²) in [5.41, 5.74) is 13.8. The number of aromatic nitrogens is 4. The Bertz CT molecular complexity index is 555. The highest BCUT2D eigenvalue weighted by Gasteiger charge is 2.22. The summed E-state index contributed by atoms with van der Waals surface area (Å²) >= 11 is 0. The van der Waals surface area contributed by atoms with E-state index >= 15 is 0 Å². The highest BCUT2D eigenvalue weighted by molar-refractivity contribution is 5.74. The van der Waals surface area contributed by atoms with Crippen molar-refractivity contribution in [3.05, 3.63) is 18.2 Å². The molecule has 1 aromatic carbocycles. The van der Waals surface area contributed by atoms with Gasteiger partial charge in [0, 0.05) is 16.9 Å². The molecule has 1 aliphatic carbocycles. The van der Waals surface area contributed by atoms with E-state index in [1.807, 2.05) is 16.8 Å². The van der Waals surface area contributed by atoms with Crippen LogP contribution in [-0.2, 0) is 0 Å². The number of hydrogen-bond acceptors (Lipinski definition) is 5. The van der Waals surface area contributed by atoms with E-state index in [0.29, 0.717) is 17.4 Å². The molecule has 3 rings (SSSR count). The van der Waals surface area contributed by atoms with Crippen molar-refractivity contribution < 1.29 is 0 Å². The van der Waals surface area contributed by atoms with Gasteiger partial charge in [-0.1, -0.05) is 12.8 Å². The van der Waals surface area contributed by atoms with E-state index in [4.69, 9.17) is 11.5 Å². The van der Waals surface area contributed by atoms with Gasteiger partial charge in [0.2, 0.25) is 0 Å². The van der Waals surface area contributed by atoms with Gasteiger partial charge in [-0.25, -0.2) is 4.68 Å². The highest BCUT2D eigenvalue weighted by Crippen LogP contribution is 2.33. The van der Waals surface area contributed by atoms with Crippen molar-refractivity contribution in [1.82, 2.24) is 20.2 Å². The number of benzene rings is 1. The van der Waals surface area contributed by atoms with Crippen molar-refractivity contribution in [1.29, 1.82) is 0 Å². The van der Waals surface area contributed by atoms with E-state index in [1.54, 1.807) is 6.07 Å². The van der Waals surface area contributed by atoms with Crippen LogP contribution in [0.25, 0.3) is 11.4 Å². The summed E-state index contributed by atoms with van der Waals surface area (Å²) in [4.78, 5) is 0. The Labute approximate surface area is 105 Å². The Morgan fingerprint density at radius 2 is 1.94 bits per heavy atom. The third-order valence-corrected chi connectivity index (χ3v) is 3.48. The Morgan fingerprint density at radius 3 is 2.67 bits per heavy atom. The summed E-state index contributed by atoms with van der Waals surface area (Å²) in [6.07, 6.45) is 4.74. The van der Waals surface area contributed by atoms with Gasteiger partial charge < -0.3 is 11.5 Å². The first-order valence-electron chi connectivity index (χ1n) is 6.19. The standard InChI is InChI=1S/C12H16N6/c13-8-5-6-10(11(14)7-8)12-15-16-17-18(12)9-3-1-2-4-9/h5-7,9H,1-4,13-14H2. The van der Waals surface area contributed by atoms with Crippen LogP contribution in [0.5, 0.6) is 0 Å². The molecule has 0 saturated heterocycles. The minimum atomic E-state index is 0.395. The molecule has 0 spiro atoms. The van der Waals surface area contributed by atoms with Crippen LogP contribution in [0.15, 0.2) is 18.2 Å². The van der Waals surface area contributed by atoms with Crippen LogP contribution in [0, 0.1) is 0 Å². The van der Waals surface area contributed by atoms with Gasteiger partial charge in [0.05, 0.1) is 6.04 Å². The first-order valence-corrected chi connectivity index (χ1v) is 6.19. The predicted octanol–water partition coefficient (Wildman–Crippen LogP) is 1.62. The van der Waals surface area contributed by atoms with Crippen molar-refractivity contribution in [3.63, 3.8) is 0 Å². The van der Waals surface area contributed by atoms with Gasteiger partial charge in [-0.3, -0.25) is 0 Å². The molecule has 1 aromatic heterocycles. The van der Waals surface area contributed by atoms with Crippen molar-refractivity contribution in [2.45, 2.75) is 31.7 Å². The number of tetrazole rings is 1. The molecule has 0 radical (unpaired) electrons. The number of nitrogens with zero attached hydrogens (tertiary/aromatic N) is 4. The zero-order valence-electron chi connectivity index (χ0n) is 10.1. The van der Waals surface area contributed by atoms with Gasteiger partial charge in [-0.15, -0.1) is 5.10 Å². The third kappa shape index (κ3) is 1.79. The minimum Gasteiger partial charge on any atom is -0.399 e. The zero-order valence-corrected chi connectivity index (χ0v) is 10.1. The van der Waals surface area contributed by atoms with E-state index < -0.39 is 0 Å². The van der Waals surface area contributed by atoms with Crippen molar-refractivity contribution in [3.8, 4) is 11.4 Å². The molecule has 18 heavy (non-hydrogen) atoms. The van der Waals surface area contributed by atoms with Crippen LogP contribution in [0.4, 0.5) is 11.4 Å².